The lowest BCUT2D eigenvalue weighted by atomic mass is 9.88. The molecule has 0 aromatic carbocycles. The summed E-state index contributed by atoms with van der Waals surface area (Å²) < 4.78 is 6.22. The molecule has 7 nitrogen and oxygen atoms in total. The minimum Gasteiger partial charge on any atom is -0.455 e. The van der Waals surface area contributed by atoms with Crippen LogP contribution in [-0.4, -0.2) is 57.7 Å². The lowest BCUT2D eigenvalue weighted by Gasteiger charge is -2.32. The molecule has 1 N–H and O–H groups in total. The van der Waals surface area contributed by atoms with Crippen molar-refractivity contribution in [1.29, 1.82) is 0 Å². The normalized spacial score (nSPS) is 30.4. The minimum atomic E-state index is -0.125. The molecule has 5 rings (SSSR count). The number of piperidine rings is 1. The Bertz CT molecular complexity index is 795. The average molecular weight is 322 g/mol. The Hall–Kier alpha value is -2.54. The molecule has 2 saturated heterocycles. The average Bonchev–Trinajstić information content (AvgIpc) is 3.33. The van der Waals surface area contributed by atoms with Crippen molar-refractivity contribution < 1.29 is 4.74 Å². The summed E-state index contributed by atoms with van der Waals surface area (Å²) in [7, 11) is 0. The van der Waals surface area contributed by atoms with E-state index in [2.05, 4.69) is 30.2 Å². The maximum Gasteiger partial charge on any atom is 0.291 e. The molecular formula is C17H18N6O. The van der Waals surface area contributed by atoms with Crippen LogP contribution >= 0.6 is 0 Å². The van der Waals surface area contributed by atoms with Crippen LogP contribution in [0, 0.1) is 5.92 Å². The summed E-state index contributed by atoms with van der Waals surface area (Å²) in [5.74, 6) is 1.28. The van der Waals surface area contributed by atoms with Gasteiger partial charge in [-0.25, -0.2) is 15.0 Å². The van der Waals surface area contributed by atoms with E-state index in [-0.39, 0.29) is 5.60 Å². The molecule has 0 radical (unpaired) electrons. The molecule has 3 aliphatic heterocycles. The van der Waals surface area contributed by atoms with Gasteiger partial charge in [0.2, 0.25) is 0 Å². The fourth-order valence-corrected chi connectivity index (χ4v) is 3.94. The molecule has 2 fully saturated rings. The van der Waals surface area contributed by atoms with Crippen LogP contribution in [0.5, 0.6) is 0 Å². The van der Waals surface area contributed by atoms with Gasteiger partial charge < -0.3 is 4.74 Å². The Labute approximate surface area is 139 Å². The molecule has 3 unspecified atom stereocenters. The van der Waals surface area contributed by atoms with Crippen molar-refractivity contribution in [1.82, 2.24) is 19.9 Å². The van der Waals surface area contributed by atoms with E-state index < -0.39 is 0 Å². The fourth-order valence-electron chi connectivity index (χ4n) is 3.94. The third-order valence-electron chi connectivity index (χ3n) is 5.16. The second-order valence-corrected chi connectivity index (χ2v) is 6.66. The van der Waals surface area contributed by atoms with Crippen LogP contribution < -0.4 is 5.32 Å². The first kappa shape index (κ1) is 13.9. The van der Waals surface area contributed by atoms with E-state index in [4.69, 9.17) is 4.74 Å². The molecule has 1 spiro atoms. The van der Waals surface area contributed by atoms with E-state index in [0.717, 1.165) is 30.9 Å². The van der Waals surface area contributed by atoms with Crippen LogP contribution in [0.15, 0.2) is 41.9 Å². The molecule has 2 aromatic rings. The number of aromatic nitrogens is 3. The third kappa shape index (κ3) is 2.24. The van der Waals surface area contributed by atoms with Gasteiger partial charge in [-0.2, -0.15) is 0 Å². The Kier molecular flexibility index (Phi) is 3.02. The Balaban J connectivity index is 1.32. The van der Waals surface area contributed by atoms with Gasteiger partial charge in [-0.3, -0.25) is 15.2 Å². The van der Waals surface area contributed by atoms with Crippen LogP contribution in [0.1, 0.15) is 6.42 Å². The maximum absolute atomic E-state index is 6.22. The monoisotopic (exact) mass is 322 g/mol. The van der Waals surface area contributed by atoms with Gasteiger partial charge in [0.25, 0.3) is 6.02 Å². The summed E-state index contributed by atoms with van der Waals surface area (Å²) in [6, 6.07) is 6.32. The number of fused-ring (bicyclic) bond motifs is 3. The largest absolute Gasteiger partial charge is 0.455 e. The lowest BCUT2D eigenvalue weighted by Crippen LogP contribution is -2.46. The highest BCUT2D eigenvalue weighted by atomic mass is 16.5. The van der Waals surface area contributed by atoms with Gasteiger partial charge in [-0.1, -0.05) is 0 Å². The lowest BCUT2D eigenvalue weighted by molar-refractivity contribution is 0.0364. The van der Waals surface area contributed by atoms with Gasteiger partial charge in [0.1, 0.15) is 17.7 Å². The second kappa shape index (κ2) is 5.24. The highest BCUT2D eigenvalue weighted by Gasteiger charge is 2.54. The van der Waals surface area contributed by atoms with Crippen LogP contribution in [0.3, 0.4) is 0 Å². The molecule has 0 saturated carbocycles. The molecule has 2 aromatic heterocycles. The fraction of sp³-hybridized carbons (Fsp3) is 0.412. The van der Waals surface area contributed by atoms with Gasteiger partial charge in [0.05, 0.1) is 12.2 Å². The van der Waals surface area contributed by atoms with E-state index in [9.17, 15) is 0 Å². The summed E-state index contributed by atoms with van der Waals surface area (Å²) in [4.78, 5) is 19.8. The number of anilines is 1. The number of nitrogens with one attached hydrogen (secondary N) is 1. The molecule has 122 valence electrons. The number of hydrogen-bond donors (Lipinski definition) is 1. The molecular weight excluding hydrogens is 304 g/mol. The van der Waals surface area contributed by atoms with Crippen LogP contribution in [0.4, 0.5) is 5.82 Å². The van der Waals surface area contributed by atoms with Crippen LogP contribution in [0.25, 0.3) is 11.3 Å². The van der Waals surface area contributed by atoms with Crippen molar-refractivity contribution in [3.8, 4) is 11.3 Å². The number of amidine groups is 1. The zero-order valence-electron chi connectivity index (χ0n) is 13.2. The van der Waals surface area contributed by atoms with E-state index in [1.165, 1.54) is 13.0 Å². The standard InChI is InChI=1S/C17H18N6O/c1-2-12(7-18-4-1)14-6-15(21-11-20-14)22-16-19-9-17(24-16)10-23-5-3-13(17)8-23/h1-2,4,6-7,11,13H,3,5,8-10H2,(H,19,20,21,22). The van der Waals surface area contributed by atoms with Crippen molar-refractivity contribution in [2.45, 2.75) is 12.0 Å². The first-order chi connectivity index (χ1) is 11.8. The number of hydrogen-bond acceptors (Lipinski definition) is 7. The van der Waals surface area contributed by atoms with Crippen LogP contribution in [-0.2, 0) is 4.74 Å². The number of rotatable bonds is 2. The highest BCUT2D eigenvalue weighted by Crippen LogP contribution is 2.41. The molecule has 3 aliphatic rings. The zero-order valence-corrected chi connectivity index (χ0v) is 13.2. The van der Waals surface area contributed by atoms with Gasteiger partial charge in [-0.15, -0.1) is 0 Å². The van der Waals surface area contributed by atoms with Gasteiger partial charge in [0.15, 0.2) is 0 Å². The van der Waals surface area contributed by atoms with Crippen molar-refractivity contribution in [3.05, 3.63) is 36.9 Å². The predicted molar refractivity (Wildman–Crippen MR) is 89.6 cm³/mol. The molecule has 7 heteroatoms. The van der Waals surface area contributed by atoms with Crippen molar-refractivity contribution in [2.24, 2.45) is 10.9 Å². The minimum absolute atomic E-state index is 0.125. The number of ether oxygens (including phenoxy) is 1. The number of pyridine rings is 1. The first-order valence-corrected chi connectivity index (χ1v) is 8.26. The molecule has 3 atom stereocenters. The molecule has 0 amide bonds. The Morgan fingerprint density at radius 3 is 3.12 bits per heavy atom. The topological polar surface area (TPSA) is 75.5 Å². The van der Waals surface area contributed by atoms with Crippen molar-refractivity contribution in [2.75, 3.05) is 31.5 Å². The molecule has 24 heavy (non-hydrogen) atoms. The van der Waals surface area contributed by atoms with Gasteiger partial charge >= 0.3 is 0 Å². The summed E-state index contributed by atoms with van der Waals surface area (Å²) >= 11 is 0. The summed E-state index contributed by atoms with van der Waals surface area (Å²) in [6.07, 6.45) is 6.28. The summed E-state index contributed by atoms with van der Waals surface area (Å²) in [6.45, 7) is 4.05. The highest BCUT2D eigenvalue weighted by molar-refractivity contribution is 5.90. The zero-order chi connectivity index (χ0) is 16.0. The Morgan fingerprint density at radius 2 is 2.33 bits per heavy atom. The predicted octanol–water partition coefficient (Wildman–Crippen LogP) is 1.41. The quantitative estimate of drug-likeness (QED) is 0.901. The Morgan fingerprint density at radius 1 is 1.33 bits per heavy atom. The van der Waals surface area contributed by atoms with E-state index in [0.29, 0.717) is 17.8 Å². The molecule has 5 heterocycles. The van der Waals surface area contributed by atoms with Gasteiger partial charge in [-0.05, 0) is 25.1 Å². The van der Waals surface area contributed by atoms with Crippen molar-refractivity contribution in [3.63, 3.8) is 0 Å². The smallest absolute Gasteiger partial charge is 0.291 e. The number of nitrogens with zero attached hydrogens (tertiary/aromatic N) is 5. The van der Waals surface area contributed by atoms with E-state index >= 15 is 0 Å². The third-order valence-corrected chi connectivity index (χ3v) is 5.16. The second-order valence-electron chi connectivity index (χ2n) is 6.66. The summed E-state index contributed by atoms with van der Waals surface area (Å²) in [5.41, 5.74) is 1.65. The summed E-state index contributed by atoms with van der Waals surface area (Å²) in [5, 5.41) is 3.20. The van der Waals surface area contributed by atoms with Crippen LogP contribution in [0.2, 0.25) is 0 Å². The first-order valence-electron chi connectivity index (χ1n) is 8.26. The molecule has 0 aliphatic carbocycles. The van der Waals surface area contributed by atoms with E-state index in [1.807, 2.05) is 18.2 Å². The molecule has 2 bridgehead atoms. The number of aliphatic imine (C=N–C) groups is 1. The maximum atomic E-state index is 6.22. The van der Waals surface area contributed by atoms with Crippen molar-refractivity contribution >= 4 is 11.8 Å². The SMILES string of the molecule is c1cncc(-c2cc(NC3=NCC4(CN5CCC4C5)O3)ncn2)c1. The van der Waals surface area contributed by atoms with Gasteiger partial charge in [0, 0.05) is 43.0 Å². The van der Waals surface area contributed by atoms with E-state index in [1.54, 1.807) is 18.7 Å².